The lowest BCUT2D eigenvalue weighted by atomic mass is 10.2. The third-order valence-electron chi connectivity index (χ3n) is 2.08. The monoisotopic (exact) mass is 197 g/mol. The molecule has 0 aromatic carbocycles. The Morgan fingerprint density at radius 3 is 2.33 bits per heavy atom. The molecule has 0 saturated heterocycles. The second-order valence-electron chi connectivity index (χ2n) is 3.72. The molecule has 1 saturated carbocycles. The van der Waals surface area contributed by atoms with E-state index in [1.54, 1.807) is 0 Å². The van der Waals surface area contributed by atoms with Gasteiger partial charge < -0.3 is 5.32 Å². The van der Waals surface area contributed by atoms with E-state index in [2.05, 4.69) is 16.9 Å². The van der Waals surface area contributed by atoms with Gasteiger partial charge in [-0.2, -0.15) is 8.78 Å². The topological polar surface area (TPSA) is 29.1 Å². The smallest absolute Gasteiger partial charge is 0.346 e. The van der Waals surface area contributed by atoms with Crippen LogP contribution in [0.15, 0.2) is 0 Å². The Hall–Kier alpha value is -0.380. The Morgan fingerprint density at radius 2 is 2.08 bits per heavy atom. The summed E-state index contributed by atoms with van der Waals surface area (Å²) in [6.45, 7) is 3.79. The van der Waals surface area contributed by atoms with Crippen LogP contribution in [0.25, 0.3) is 0 Å². The second kappa shape index (κ2) is 2.55. The third-order valence-corrected chi connectivity index (χ3v) is 2.25. The molecule has 12 heavy (non-hydrogen) atoms. The highest BCUT2D eigenvalue weighted by molar-refractivity contribution is 6.32. The lowest BCUT2D eigenvalue weighted by molar-refractivity contribution is -0.136. The number of carbonyl (C=O) groups excluding carboxylic acids is 1. The van der Waals surface area contributed by atoms with Crippen molar-refractivity contribution in [1.82, 2.24) is 5.32 Å². The number of hydrogen-bond donors (Lipinski definition) is 1. The lowest BCUT2D eigenvalue weighted by Gasteiger charge is -2.09. The molecular weight excluding hydrogens is 188 g/mol. The van der Waals surface area contributed by atoms with Gasteiger partial charge in [0.1, 0.15) is 0 Å². The Kier molecular flexibility index (Phi) is 2.07. The summed E-state index contributed by atoms with van der Waals surface area (Å²) in [5.74, 6) is -1.40. The van der Waals surface area contributed by atoms with Gasteiger partial charge in [-0.25, -0.2) is 0 Å². The van der Waals surface area contributed by atoms with Crippen LogP contribution < -0.4 is 5.32 Å². The Bertz CT molecular complexity index is 212. The van der Waals surface area contributed by atoms with Crippen molar-refractivity contribution < 1.29 is 13.6 Å². The molecule has 0 radical (unpaired) electrons. The zero-order chi connectivity index (χ0) is 9.57. The quantitative estimate of drug-likeness (QED) is 0.672. The van der Waals surface area contributed by atoms with E-state index in [4.69, 9.17) is 0 Å². The standard InChI is InChI=1S/C7H10ClF2NO/c1-6(2)3-4(6)11-5(12)7(8,9)10/h4H,3H2,1-2H3,(H,11,12). The number of amides is 1. The zero-order valence-corrected chi connectivity index (χ0v) is 7.58. The molecule has 1 aliphatic rings. The minimum Gasteiger partial charge on any atom is -0.346 e. The van der Waals surface area contributed by atoms with Crippen molar-refractivity contribution in [2.45, 2.75) is 31.7 Å². The SMILES string of the molecule is CC1(C)CC1NC(=O)C(F)(F)Cl. The van der Waals surface area contributed by atoms with Crippen LogP contribution in [0.4, 0.5) is 8.78 Å². The minimum atomic E-state index is -3.78. The van der Waals surface area contributed by atoms with Crippen LogP contribution >= 0.6 is 11.6 Å². The summed E-state index contributed by atoms with van der Waals surface area (Å²) in [5.41, 5.74) is -0.0577. The molecule has 0 bridgehead atoms. The van der Waals surface area contributed by atoms with Crippen molar-refractivity contribution in [1.29, 1.82) is 0 Å². The molecule has 2 nitrogen and oxygen atoms in total. The van der Waals surface area contributed by atoms with Crippen LogP contribution in [0.3, 0.4) is 0 Å². The van der Waals surface area contributed by atoms with E-state index in [-0.39, 0.29) is 11.5 Å². The zero-order valence-electron chi connectivity index (χ0n) is 6.83. The van der Waals surface area contributed by atoms with E-state index < -0.39 is 11.3 Å². The summed E-state index contributed by atoms with van der Waals surface area (Å²) in [6.07, 6.45) is 0.728. The van der Waals surface area contributed by atoms with Crippen molar-refractivity contribution in [3.63, 3.8) is 0 Å². The van der Waals surface area contributed by atoms with Gasteiger partial charge in [0.05, 0.1) is 0 Å². The number of nitrogens with one attached hydrogen (secondary N) is 1. The average Bonchev–Trinajstić information content (AvgIpc) is 2.36. The van der Waals surface area contributed by atoms with Crippen molar-refractivity contribution in [3.8, 4) is 0 Å². The Morgan fingerprint density at radius 1 is 1.67 bits per heavy atom. The highest BCUT2D eigenvalue weighted by Crippen LogP contribution is 2.44. The molecule has 0 aliphatic heterocycles. The van der Waals surface area contributed by atoms with E-state index in [1.165, 1.54) is 0 Å². The molecule has 1 N–H and O–H groups in total. The molecule has 1 fully saturated rings. The minimum absolute atomic E-state index is 0.0577. The number of alkyl halides is 3. The average molecular weight is 198 g/mol. The third kappa shape index (κ3) is 2.06. The maximum absolute atomic E-state index is 12.1. The lowest BCUT2D eigenvalue weighted by Crippen LogP contribution is -2.38. The highest BCUT2D eigenvalue weighted by atomic mass is 35.5. The van der Waals surface area contributed by atoms with Crippen molar-refractivity contribution in [3.05, 3.63) is 0 Å². The Labute approximate surface area is 74.3 Å². The molecule has 0 aromatic heterocycles. The fraction of sp³-hybridized carbons (Fsp3) is 0.857. The first-order chi connectivity index (χ1) is 5.23. The van der Waals surface area contributed by atoms with Crippen LogP contribution in [0.1, 0.15) is 20.3 Å². The molecule has 1 unspecified atom stereocenters. The fourth-order valence-electron chi connectivity index (χ4n) is 0.954. The van der Waals surface area contributed by atoms with Gasteiger partial charge in [-0.1, -0.05) is 13.8 Å². The first-order valence-electron chi connectivity index (χ1n) is 3.61. The molecule has 1 rings (SSSR count). The molecule has 1 amide bonds. The summed E-state index contributed by atoms with van der Waals surface area (Å²) in [4.78, 5) is 10.6. The molecule has 0 spiro atoms. The van der Waals surface area contributed by atoms with Gasteiger partial charge in [0.15, 0.2) is 0 Å². The summed E-state index contributed by atoms with van der Waals surface area (Å²) in [6, 6.07) is -0.158. The molecule has 1 aliphatic carbocycles. The predicted octanol–water partition coefficient (Wildman–Crippen LogP) is 1.73. The van der Waals surface area contributed by atoms with E-state index in [1.807, 2.05) is 13.8 Å². The summed E-state index contributed by atoms with van der Waals surface area (Å²) in [7, 11) is 0. The highest BCUT2D eigenvalue weighted by Gasteiger charge is 2.49. The van der Waals surface area contributed by atoms with Gasteiger partial charge in [0.2, 0.25) is 0 Å². The summed E-state index contributed by atoms with van der Waals surface area (Å²) in [5, 5.41) is -1.62. The Balaban J connectivity index is 2.40. The van der Waals surface area contributed by atoms with Gasteiger partial charge in [0.25, 0.3) is 0 Å². The normalized spacial score (nSPS) is 26.6. The van der Waals surface area contributed by atoms with Crippen LogP contribution in [-0.2, 0) is 4.79 Å². The number of halogens is 3. The molecule has 70 valence electrons. The van der Waals surface area contributed by atoms with Crippen LogP contribution in [0.5, 0.6) is 0 Å². The van der Waals surface area contributed by atoms with Gasteiger partial charge in [0, 0.05) is 6.04 Å². The van der Waals surface area contributed by atoms with Crippen LogP contribution in [-0.4, -0.2) is 17.3 Å². The maximum atomic E-state index is 12.1. The van der Waals surface area contributed by atoms with Gasteiger partial charge in [-0.05, 0) is 23.4 Å². The number of rotatable bonds is 2. The molecule has 0 heterocycles. The largest absolute Gasteiger partial charge is 0.399 e. The molecular formula is C7H10ClF2NO. The van der Waals surface area contributed by atoms with Crippen molar-refractivity contribution >= 4 is 17.5 Å². The molecule has 5 heteroatoms. The first kappa shape index (κ1) is 9.71. The van der Waals surface area contributed by atoms with E-state index in [0.29, 0.717) is 0 Å². The number of carbonyl (C=O) groups is 1. The molecule has 0 aromatic rings. The first-order valence-corrected chi connectivity index (χ1v) is 3.99. The predicted molar refractivity (Wildman–Crippen MR) is 41.1 cm³/mol. The van der Waals surface area contributed by atoms with Crippen LogP contribution in [0.2, 0.25) is 0 Å². The van der Waals surface area contributed by atoms with Gasteiger partial charge in [-0.3, -0.25) is 4.79 Å². The van der Waals surface area contributed by atoms with E-state index >= 15 is 0 Å². The molecule has 1 atom stereocenters. The summed E-state index contributed by atoms with van der Waals surface area (Å²) < 4.78 is 24.2. The fourth-order valence-corrected chi connectivity index (χ4v) is 1.01. The van der Waals surface area contributed by atoms with Crippen molar-refractivity contribution in [2.75, 3.05) is 0 Å². The van der Waals surface area contributed by atoms with Gasteiger partial charge >= 0.3 is 11.3 Å². The maximum Gasteiger partial charge on any atom is 0.399 e. The number of hydrogen-bond acceptors (Lipinski definition) is 1. The van der Waals surface area contributed by atoms with Gasteiger partial charge in [-0.15, -0.1) is 0 Å². The summed E-state index contributed by atoms with van der Waals surface area (Å²) >= 11 is 4.50. The van der Waals surface area contributed by atoms with E-state index in [0.717, 1.165) is 6.42 Å². The second-order valence-corrected chi connectivity index (χ2v) is 4.19. The van der Waals surface area contributed by atoms with Crippen LogP contribution in [0, 0.1) is 5.41 Å². The van der Waals surface area contributed by atoms with Crippen molar-refractivity contribution in [2.24, 2.45) is 5.41 Å². The van der Waals surface area contributed by atoms with E-state index in [9.17, 15) is 13.6 Å².